The highest BCUT2D eigenvalue weighted by Crippen LogP contribution is 2.57. The largest absolute Gasteiger partial charge is 0.497 e. The van der Waals surface area contributed by atoms with Gasteiger partial charge in [-0.25, -0.2) is 0 Å². The molecule has 180 valence electrons. The van der Waals surface area contributed by atoms with Crippen molar-refractivity contribution in [2.24, 2.45) is 5.92 Å². The van der Waals surface area contributed by atoms with E-state index in [4.69, 9.17) is 4.74 Å². The molecule has 1 amide bonds. The second kappa shape index (κ2) is 7.92. The number of carbonyl (C=O) groups excluding carboxylic acids is 3. The normalized spacial score (nSPS) is 25.2. The monoisotopic (exact) mass is 478 g/mol. The first kappa shape index (κ1) is 22.3. The number of methoxy groups -OCH3 is 1. The Labute approximate surface area is 209 Å². The summed E-state index contributed by atoms with van der Waals surface area (Å²) in [7, 11) is 1.55. The number of para-hydroxylation sites is 1. The van der Waals surface area contributed by atoms with Crippen LogP contribution in [0.15, 0.2) is 72.8 Å². The number of carbonyl (C=O) groups is 3. The number of aryl methyl sites for hydroxylation is 1. The summed E-state index contributed by atoms with van der Waals surface area (Å²) in [6, 6.07) is 19.1. The molecule has 1 spiro atoms. The number of hydrogen-bond acceptors (Lipinski definition) is 5. The lowest BCUT2D eigenvalue weighted by molar-refractivity contribution is -0.122. The average molecular weight is 479 g/mol. The first-order valence-electron chi connectivity index (χ1n) is 12.0. The molecule has 1 fully saturated rings. The third kappa shape index (κ3) is 2.87. The van der Waals surface area contributed by atoms with Gasteiger partial charge in [0.05, 0.1) is 25.1 Å². The first-order valence-corrected chi connectivity index (χ1v) is 12.0. The van der Waals surface area contributed by atoms with Gasteiger partial charge in [0.2, 0.25) is 5.91 Å². The van der Waals surface area contributed by atoms with E-state index in [-0.39, 0.29) is 17.5 Å². The zero-order valence-corrected chi connectivity index (χ0v) is 20.3. The molecule has 3 heterocycles. The molecule has 3 aromatic rings. The van der Waals surface area contributed by atoms with Crippen molar-refractivity contribution in [1.29, 1.82) is 0 Å². The number of ether oxygens (including phenoxy) is 1. The number of ketones is 2. The minimum atomic E-state index is -1.27. The van der Waals surface area contributed by atoms with Crippen molar-refractivity contribution in [3.05, 3.63) is 95.1 Å². The van der Waals surface area contributed by atoms with Crippen LogP contribution in [0.3, 0.4) is 0 Å². The number of benzene rings is 3. The Morgan fingerprint density at radius 1 is 1.03 bits per heavy atom. The summed E-state index contributed by atoms with van der Waals surface area (Å²) in [5.74, 6) is -1.06. The van der Waals surface area contributed by atoms with Crippen molar-refractivity contribution in [3.63, 3.8) is 0 Å². The predicted molar refractivity (Wildman–Crippen MR) is 139 cm³/mol. The van der Waals surface area contributed by atoms with Crippen LogP contribution >= 0.6 is 0 Å². The van der Waals surface area contributed by atoms with E-state index in [0.29, 0.717) is 17.0 Å². The highest BCUT2D eigenvalue weighted by Gasteiger charge is 2.69. The Kier molecular flexibility index (Phi) is 4.90. The van der Waals surface area contributed by atoms with Gasteiger partial charge in [-0.15, -0.1) is 0 Å². The molecule has 36 heavy (non-hydrogen) atoms. The van der Waals surface area contributed by atoms with Gasteiger partial charge in [0, 0.05) is 16.9 Å². The number of nitrogens with zero attached hydrogens (tertiary/aromatic N) is 1. The van der Waals surface area contributed by atoms with Crippen LogP contribution < -0.4 is 15.0 Å². The third-order valence-corrected chi connectivity index (χ3v) is 7.84. The number of amides is 1. The van der Waals surface area contributed by atoms with Gasteiger partial charge in [-0.05, 0) is 55.3 Å². The van der Waals surface area contributed by atoms with Crippen LogP contribution in [0.5, 0.6) is 5.75 Å². The molecule has 0 saturated carbocycles. The molecule has 1 saturated heterocycles. The molecule has 6 nitrogen and oxygen atoms in total. The van der Waals surface area contributed by atoms with Gasteiger partial charge < -0.3 is 15.0 Å². The van der Waals surface area contributed by atoms with Gasteiger partial charge in [0.1, 0.15) is 11.2 Å². The maximum absolute atomic E-state index is 14.4. The second-order valence-electron chi connectivity index (χ2n) is 9.77. The van der Waals surface area contributed by atoms with E-state index in [1.165, 1.54) is 6.92 Å². The molecule has 6 heteroatoms. The number of anilines is 2. The van der Waals surface area contributed by atoms with Gasteiger partial charge in [-0.1, -0.05) is 54.1 Å². The molecule has 6 rings (SSSR count). The Balaban J connectivity index is 1.65. The molecule has 0 aromatic heterocycles. The predicted octanol–water partition coefficient (Wildman–Crippen LogP) is 4.57. The summed E-state index contributed by atoms with van der Waals surface area (Å²) in [5, 5.41) is 3.03. The Morgan fingerprint density at radius 3 is 2.61 bits per heavy atom. The lowest BCUT2D eigenvalue weighted by Crippen LogP contribution is -2.51. The number of fused-ring (bicyclic) bond motifs is 6. The van der Waals surface area contributed by atoms with E-state index in [0.717, 1.165) is 22.4 Å². The fourth-order valence-corrected chi connectivity index (χ4v) is 6.41. The standard InChI is InChI=1S/C30H26N2O4/c1-17-11-13-24-19(15-17)12-14-25-30(22-9-4-5-10-23(22)31-29(30)35)26(27(18(2)33)32(24)25)28(34)20-7-6-8-21(16-20)36-3/h4-16,25-27H,1-3H3,(H,31,35)/t25-,26+,27-,30-/m1/s1. The lowest BCUT2D eigenvalue weighted by atomic mass is 9.64. The Morgan fingerprint density at radius 2 is 1.83 bits per heavy atom. The molecule has 0 bridgehead atoms. The topological polar surface area (TPSA) is 75.7 Å². The number of hydrogen-bond donors (Lipinski definition) is 1. The maximum Gasteiger partial charge on any atom is 0.238 e. The van der Waals surface area contributed by atoms with Crippen LogP contribution in [-0.2, 0) is 15.0 Å². The van der Waals surface area contributed by atoms with E-state index in [1.807, 2.05) is 60.4 Å². The van der Waals surface area contributed by atoms with Crippen LogP contribution in [0.4, 0.5) is 11.4 Å². The van der Waals surface area contributed by atoms with Crippen molar-refractivity contribution in [2.75, 3.05) is 17.3 Å². The summed E-state index contributed by atoms with van der Waals surface area (Å²) < 4.78 is 5.37. The van der Waals surface area contributed by atoms with Crippen molar-refractivity contribution in [2.45, 2.75) is 31.3 Å². The first-order chi connectivity index (χ1) is 17.4. The zero-order chi connectivity index (χ0) is 25.2. The molecular weight excluding hydrogens is 452 g/mol. The van der Waals surface area contributed by atoms with Gasteiger partial charge in [0.15, 0.2) is 11.6 Å². The summed E-state index contributed by atoms with van der Waals surface area (Å²) in [6.07, 6.45) is 3.99. The van der Waals surface area contributed by atoms with E-state index in [2.05, 4.69) is 11.4 Å². The van der Waals surface area contributed by atoms with Crippen LogP contribution in [0.1, 0.15) is 34.0 Å². The highest BCUT2D eigenvalue weighted by atomic mass is 16.5. The highest BCUT2D eigenvalue weighted by molar-refractivity contribution is 6.16. The zero-order valence-electron chi connectivity index (χ0n) is 20.3. The summed E-state index contributed by atoms with van der Waals surface area (Å²) in [6.45, 7) is 3.53. The number of nitrogens with one attached hydrogen (secondary N) is 1. The number of rotatable bonds is 4. The third-order valence-electron chi connectivity index (χ3n) is 7.84. The van der Waals surface area contributed by atoms with Crippen LogP contribution in [0.25, 0.3) is 6.08 Å². The summed E-state index contributed by atoms with van der Waals surface area (Å²) in [4.78, 5) is 43.9. The minimum absolute atomic E-state index is 0.155. The summed E-state index contributed by atoms with van der Waals surface area (Å²) >= 11 is 0. The van der Waals surface area contributed by atoms with Gasteiger partial charge in [-0.2, -0.15) is 0 Å². The average Bonchev–Trinajstić information content (AvgIpc) is 3.36. The molecular formula is C30H26N2O4. The molecule has 3 aliphatic heterocycles. The van der Waals surface area contributed by atoms with Gasteiger partial charge >= 0.3 is 0 Å². The van der Waals surface area contributed by atoms with Crippen molar-refractivity contribution >= 4 is 34.9 Å². The van der Waals surface area contributed by atoms with Crippen LogP contribution in [-0.4, -0.2) is 36.7 Å². The Bertz CT molecular complexity index is 1480. The molecule has 1 N–H and O–H groups in total. The van der Waals surface area contributed by atoms with E-state index >= 15 is 0 Å². The summed E-state index contributed by atoms with van der Waals surface area (Å²) in [5.41, 5.74) is 3.48. The number of Topliss-reactive ketones (excluding diaryl/α,β-unsaturated/α-hetero) is 2. The van der Waals surface area contributed by atoms with E-state index in [9.17, 15) is 14.4 Å². The molecule has 3 aliphatic rings. The van der Waals surface area contributed by atoms with Crippen LogP contribution in [0.2, 0.25) is 0 Å². The van der Waals surface area contributed by atoms with Crippen molar-refractivity contribution < 1.29 is 19.1 Å². The molecule has 3 aromatic carbocycles. The van der Waals surface area contributed by atoms with Crippen LogP contribution in [0, 0.1) is 12.8 Å². The fraction of sp³-hybridized carbons (Fsp3) is 0.233. The van der Waals surface area contributed by atoms with Crippen molar-refractivity contribution in [3.8, 4) is 5.75 Å². The quantitative estimate of drug-likeness (QED) is 0.556. The van der Waals surface area contributed by atoms with Crippen molar-refractivity contribution in [1.82, 2.24) is 0 Å². The molecule has 0 radical (unpaired) electrons. The molecule has 4 atom stereocenters. The van der Waals surface area contributed by atoms with Gasteiger partial charge in [-0.3, -0.25) is 14.4 Å². The van der Waals surface area contributed by atoms with E-state index in [1.54, 1.807) is 31.4 Å². The SMILES string of the molecule is COc1cccc(C(=O)[C@@H]2[C@@H](C(C)=O)N3c4ccc(C)cc4C=C[C@@H]3[C@@]23C(=O)Nc2ccccc23)c1. The lowest BCUT2D eigenvalue weighted by Gasteiger charge is -2.37. The minimum Gasteiger partial charge on any atom is -0.497 e. The smallest absolute Gasteiger partial charge is 0.238 e. The second-order valence-corrected chi connectivity index (χ2v) is 9.77. The molecule has 0 unspecified atom stereocenters. The maximum atomic E-state index is 14.4. The molecule has 0 aliphatic carbocycles. The van der Waals surface area contributed by atoms with Gasteiger partial charge in [0.25, 0.3) is 0 Å². The Hall–Kier alpha value is -4.19. The fourth-order valence-electron chi connectivity index (χ4n) is 6.41. The van der Waals surface area contributed by atoms with E-state index < -0.39 is 23.4 Å².